The highest BCUT2D eigenvalue weighted by molar-refractivity contribution is 5.91. The molecule has 1 N–H and O–H groups in total. The molecule has 0 amide bonds. The molecular weight excluding hydrogens is 248 g/mol. The van der Waals surface area contributed by atoms with Crippen molar-refractivity contribution in [2.24, 2.45) is 0 Å². The molecule has 2 rings (SSSR count). The topological polar surface area (TPSA) is 37.3 Å². The third-order valence-corrected chi connectivity index (χ3v) is 3.74. The molecule has 0 unspecified atom stereocenters. The van der Waals surface area contributed by atoms with E-state index in [9.17, 15) is 9.90 Å². The van der Waals surface area contributed by atoms with Crippen molar-refractivity contribution in [3.8, 4) is 11.1 Å². The van der Waals surface area contributed by atoms with Crippen LogP contribution in [0.2, 0.25) is 0 Å². The van der Waals surface area contributed by atoms with Gasteiger partial charge in [-0.3, -0.25) is 0 Å². The lowest BCUT2D eigenvalue weighted by atomic mass is 9.93. The number of hydrogen-bond acceptors (Lipinski definition) is 1. The van der Waals surface area contributed by atoms with Gasteiger partial charge in [-0.15, -0.1) is 0 Å². The van der Waals surface area contributed by atoms with E-state index in [1.54, 1.807) is 6.07 Å². The third kappa shape index (κ3) is 2.74. The third-order valence-electron chi connectivity index (χ3n) is 3.74. The summed E-state index contributed by atoms with van der Waals surface area (Å²) < 4.78 is 0. The molecule has 0 heterocycles. The number of aromatic carboxylic acids is 1. The second-order valence-electron chi connectivity index (χ2n) is 5.03. The Bertz CT molecular complexity index is 642. The summed E-state index contributed by atoms with van der Waals surface area (Å²) in [5.74, 6) is -0.867. The molecule has 0 radical (unpaired) electrons. The van der Waals surface area contributed by atoms with Crippen LogP contribution in [0.5, 0.6) is 0 Å². The predicted octanol–water partition coefficient (Wildman–Crippen LogP) is 4.49. The first kappa shape index (κ1) is 14.3. The zero-order valence-corrected chi connectivity index (χ0v) is 12.2. The van der Waals surface area contributed by atoms with Crippen LogP contribution in [0.25, 0.3) is 11.1 Å². The van der Waals surface area contributed by atoms with E-state index in [1.807, 2.05) is 19.1 Å². The summed E-state index contributed by atoms with van der Waals surface area (Å²) in [6, 6.07) is 12.1. The smallest absolute Gasteiger partial charge is 0.335 e. The maximum Gasteiger partial charge on any atom is 0.335 e. The normalized spacial score (nSPS) is 10.6. The minimum atomic E-state index is -0.867. The summed E-state index contributed by atoms with van der Waals surface area (Å²) in [7, 11) is 0. The van der Waals surface area contributed by atoms with Gasteiger partial charge in [0, 0.05) is 0 Å². The van der Waals surface area contributed by atoms with E-state index >= 15 is 0 Å². The molecule has 0 aromatic heterocycles. The first-order valence-corrected chi connectivity index (χ1v) is 7.03. The van der Waals surface area contributed by atoms with Crippen LogP contribution in [0.15, 0.2) is 36.4 Å². The Balaban J connectivity index is 2.61. The van der Waals surface area contributed by atoms with Crippen LogP contribution in [0.3, 0.4) is 0 Å². The maximum absolute atomic E-state index is 11.3. The van der Waals surface area contributed by atoms with Crippen molar-refractivity contribution in [3.05, 3.63) is 58.7 Å². The lowest BCUT2D eigenvalue weighted by molar-refractivity contribution is 0.0696. The fourth-order valence-corrected chi connectivity index (χ4v) is 2.44. The van der Waals surface area contributed by atoms with Gasteiger partial charge < -0.3 is 5.11 Å². The number of carbonyl (C=O) groups is 1. The van der Waals surface area contributed by atoms with E-state index in [-0.39, 0.29) is 0 Å². The van der Waals surface area contributed by atoms with E-state index in [0.29, 0.717) is 5.56 Å². The molecule has 2 aromatic rings. The number of carboxylic acids is 1. The number of hydrogen-bond donors (Lipinski definition) is 1. The molecule has 2 nitrogen and oxygen atoms in total. The number of benzene rings is 2. The van der Waals surface area contributed by atoms with Crippen molar-refractivity contribution in [2.75, 3.05) is 0 Å². The van der Waals surface area contributed by atoms with Crippen molar-refractivity contribution >= 4 is 5.97 Å². The summed E-state index contributed by atoms with van der Waals surface area (Å²) in [6.45, 7) is 6.08. The van der Waals surface area contributed by atoms with Gasteiger partial charge in [-0.25, -0.2) is 4.79 Å². The molecule has 0 aliphatic heterocycles. The summed E-state index contributed by atoms with van der Waals surface area (Å²) in [6.07, 6.45) is 1.92. The van der Waals surface area contributed by atoms with Gasteiger partial charge in [0.1, 0.15) is 0 Å². The van der Waals surface area contributed by atoms with Gasteiger partial charge in [-0.2, -0.15) is 0 Å². The quantitative estimate of drug-likeness (QED) is 0.887. The first-order valence-electron chi connectivity index (χ1n) is 7.03. The fourth-order valence-electron chi connectivity index (χ4n) is 2.44. The van der Waals surface area contributed by atoms with Gasteiger partial charge >= 0.3 is 5.97 Å². The van der Waals surface area contributed by atoms with Gasteiger partial charge in [-0.05, 0) is 53.6 Å². The van der Waals surface area contributed by atoms with Gasteiger partial charge in [0.05, 0.1) is 5.56 Å². The van der Waals surface area contributed by atoms with Crippen LogP contribution in [0.1, 0.15) is 40.9 Å². The van der Waals surface area contributed by atoms with Crippen LogP contribution in [0.4, 0.5) is 0 Å². The van der Waals surface area contributed by atoms with Crippen molar-refractivity contribution in [1.82, 2.24) is 0 Å². The minimum Gasteiger partial charge on any atom is -0.478 e. The fraction of sp³-hybridized carbons (Fsp3) is 0.278. The maximum atomic E-state index is 11.3. The Morgan fingerprint density at radius 2 is 1.80 bits per heavy atom. The molecule has 2 aromatic carbocycles. The van der Waals surface area contributed by atoms with Gasteiger partial charge in [-0.1, -0.05) is 44.2 Å². The monoisotopic (exact) mass is 268 g/mol. The molecular formula is C18H20O2. The molecule has 0 bridgehead atoms. The Hall–Kier alpha value is -2.09. The molecule has 0 aliphatic carbocycles. The molecule has 104 valence electrons. The van der Waals surface area contributed by atoms with Crippen LogP contribution >= 0.6 is 0 Å². The van der Waals surface area contributed by atoms with Gasteiger partial charge in [0.2, 0.25) is 0 Å². The van der Waals surface area contributed by atoms with Crippen molar-refractivity contribution < 1.29 is 9.90 Å². The Labute approximate surface area is 120 Å². The molecule has 0 spiro atoms. The number of carboxylic acid groups (broad SMARTS) is 1. The zero-order valence-electron chi connectivity index (χ0n) is 12.2. The second kappa shape index (κ2) is 5.91. The first-order chi connectivity index (χ1) is 9.56. The lowest BCUT2D eigenvalue weighted by Crippen LogP contribution is -2.00. The summed E-state index contributed by atoms with van der Waals surface area (Å²) in [5, 5.41) is 9.26. The molecule has 20 heavy (non-hydrogen) atoms. The summed E-state index contributed by atoms with van der Waals surface area (Å²) >= 11 is 0. The van der Waals surface area contributed by atoms with E-state index < -0.39 is 5.97 Å². The Kier molecular flexibility index (Phi) is 4.23. The standard InChI is InChI=1S/C18H20O2/c1-4-13-7-9-14(5-2)17(10-13)15-8-6-12(3)16(11-15)18(19)20/h6-11H,4-5H2,1-3H3,(H,19,20). The highest BCUT2D eigenvalue weighted by Crippen LogP contribution is 2.28. The van der Waals surface area contributed by atoms with Crippen molar-refractivity contribution in [1.29, 1.82) is 0 Å². The molecule has 0 saturated carbocycles. The van der Waals surface area contributed by atoms with E-state index in [1.165, 1.54) is 11.1 Å². The highest BCUT2D eigenvalue weighted by Gasteiger charge is 2.11. The van der Waals surface area contributed by atoms with E-state index in [2.05, 4.69) is 32.0 Å². The largest absolute Gasteiger partial charge is 0.478 e. The van der Waals surface area contributed by atoms with E-state index in [4.69, 9.17) is 0 Å². The van der Waals surface area contributed by atoms with Crippen LogP contribution < -0.4 is 0 Å². The minimum absolute atomic E-state index is 0.381. The van der Waals surface area contributed by atoms with Gasteiger partial charge in [0.15, 0.2) is 0 Å². The number of aryl methyl sites for hydroxylation is 3. The summed E-state index contributed by atoms with van der Waals surface area (Å²) in [5.41, 5.74) is 5.84. The number of rotatable bonds is 4. The average molecular weight is 268 g/mol. The zero-order chi connectivity index (χ0) is 14.7. The molecule has 0 atom stereocenters. The predicted molar refractivity (Wildman–Crippen MR) is 82.3 cm³/mol. The molecule has 0 aliphatic rings. The van der Waals surface area contributed by atoms with Crippen molar-refractivity contribution in [2.45, 2.75) is 33.6 Å². The highest BCUT2D eigenvalue weighted by atomic mass is 16.4. The van der Waals surface area contributed by atoms with Crippen LogP contribution in [0, 0.1) is 6.92 Å². The SMILES string of the molecule is CCc1ccc(CC)c(-c2ccc(C)c(C(=O)O)c2)c1. The van der Waals surface area contributed by atoms with Gasteiger partial charge in [0.25, 0.3) is 0 Å². The molecule has 0 saturated heterocycles. The lowest BCUT2D eigenvalue weighted by Gasteiger charge is -2.12. The van der Waals surface area contributed by atoms with Crippen LogP contribution in [-0.4, -0.2) is 11.1 Å². The second-order valence-corrected chi connectivity index (χ2v) is 5.03. The molecule has 0 fully saturated rings. The Morgan fingerprint density at radius 3 is 2.40 bits per heavy atom. The molecule has 2 heteroatoms. The van der Waals surface area contributed by atoms with Crippen molar-refractivity contribution in [3.63, 3.8) is 0 Å². The summed E-state index contributed by atoms with van der Waals surface area (Å²) in [4.78, 5) is 11.3. The van der Waals surface area contributed by atoms with E-state index in [0.717, 1.165) is 29.5 Å². The Morgan fingerprint density at radius 1 is 1.05 bits per heavy atom. The average Bonchev–Trinajstić information content (AvgIpc) is 2.46. The van der Waals surface area contributed by atoms with Crippen LogP contribution in [-0.2, 0) is 12.8 Å².